The van der Waals surface area contributed by atoms with Crippen molar-refractivity contribution >= 4 is 22.9 Å². The zero-order valence-electron chi connectivity index (χ0n) is 7.54. The van der Waals surface area contributed by atoms with Gasteiger partial charge in [0.15, 0.2) is 0 Å². The monoisotopic (exact) mass is 227 g/mol. The molecule has 4 nitrogen and oxygen atoms in total. The SMILES string of the molecule is Cc1nc(CC(O)c2cnns2)cs1. The van der Waals surface area contributed by atoms with Gasteiger partial charge in [-0.1, -0.05) is 4.49 Å². The summed E-state index contributed by atoms with van der Waals surface area (Å²) in [7, 11) is 0. The lowest BCUT2D eigenvalue weighted by molar-refractivity contribution is 0.181. The molecule has 1 unspecified atom stereocenters. The Balaban J connectivity index is 2.05. The number of nitrogens with zero attached hydrogens (tertiary/aromatic N) is 3. The molecule has 14 heavy (non-hydrogen) atoms. The van der Waals surface area contributed by atoms with Crippen LogP contribution in [0.5, 0.6) is 0 Å². The van der Waals surface area contributed by atoms with E-state index in [9.17, 15) is 5.11 Å². The van der Waals surface area contributed by atoms with Gasteiger partial charge in [0.25, 0.3) is 0 Å². The minimum Gasteiger partial charge on any atom is -0.387 e. The molecule has 2 aromatic heterocycles. The van der Waals surface area contributed by atoms with Crippen LogP contribution in [0.25, 0.3) is 0 Å². The van der Waals surface area contributed by atoms with Crippen LogP contribution in [-0.4, -0.2) is 19.7 Å². The highest BCUT2D eigenvalue weighted by Crippen LogP contribution is 2.20. The van der Waals surface area contributed by atoms with Crippen molar-refractivity contribution in [2.45, 2.75) is 19.4 Å². The molecule has 0 saturated heterocycles. The van der Waals surface area contributed by atoms with E-state index in [1.54, 1.807) is 17.5 Å². The number of hydrogen-bond donors (Lipinski definition) is 1. The zero-order chi connectivity index (χ0) is 9.97. The van der Waals surface area contributed by atoms with Crippen LogP contribution < -0.4 is 0 Å². The first-order chi connectivity index (χ1) is 6.75. The highest BCUT2D eigenvalue weighted by atomic mass is 32.1. The standard InChI is InChI=1S/C8H9N3OS2/c1-5-10-6(4-13-5)2-7(12)8-3-9-11-14-8/h3-4,7,12H,2H2,1H3. The largest absolute Gasteiger partial charge is 0.387 e. The van der Waals surface area contributed by atoms with Crippen LogP contribution in [0.2, 0.25) is 0 Å². The quantitative estimate of drug-likeness (QED) is 0.865. The molecule has 0 amide bonds. The highest BCUT2D eigenvalue weighted by molar-refractivity contribution is 7.09. The minimum atomic E-state index is -0.531. The van der Waals surface area contributed by atoms with E-state index in [-0.39, 0.29) is 0 Å². The Morgan fingerprint density at radius 2 is 2.43 bits per heavy atom. The minimum absolute atomic E-state index is 0.531. The highest BCUT2D eigenvalue weighted by Gasteiger charge is 2.12. The zero-order valence-corrected chi connectivity index (χ0v) is 9.18. The molecule has 74 valence electrons. The summed E-state index contributed by atoms with van der Waals surface area (Å²) in [6.07, 6.45) is 1.60. The van der Waals surface area contributed by atoms with Crippen LogP contribution >= 0.6 is 22.9 Å². The Kier molecular flexibility index (Phi) is 2.85. The summed E-state index contributed by atoms with van der Waals surface area (Å²) in [4.78, 5) is 5.07. The van der Waals surface area contributed by atoms with Gasteiger partial charge in [-0.05, 0) is 18.5 Å². The second kappa shape index (κ2) is 4.12. The van der Waals surface area contributed by atoms with E-state index >= 15 is 0 Å². The molecule has 2 heterocycles. The summed E-state index contributed by atoms with van der Waals surface area (Å²) in [5.74, 6) is 0. The Hall–Kier alpha value is -0.850. The smallest absolute Gasteiger partial charge is 0.0969 e. The molecule has 0 radical (unpaired) electrons. The van der Waals surface area contributed by atoms with Gasteiger partial charge in [0.05, 0.1) is 27.9 Å². The van der Waals surface area contributed by atoms with Gasteiger partial charge in [0.1, 0.15) is 0 Å². The van der Waals surface area contributed by atoms with E-state index in [4.69, 9.17) is 0 Å². The maximum atomic E-state index is 9.77. The predicted molar refractivity (Wildman–Crippen MR) is 55.4 cm³/mol. The molecule has 1 atom stereocenters. The van der Waals surface area contributed by atoms with Gasteiger partial charge in [-0.15, -0.1) is 16.4 Å². The van der Waals surface area contributed by atoms with Gasteiger partial charge in [-0.3, -0.25) is 0 Å². The van der Waals surface area contributed by atoms with Gasteiger partial charge in [-0.2, -0.15) is 0 Å². The van der Waals surface area contributed by atoms with Crippen molar-refractivity contribution in [2.24, 2.45) is 0 Å². The Labute approximate surface area is 89.4 Å². The molecule has 6 heteroatoms. The van der Waals surface area contributed by atoms with Gasteiger partial charge in [-0.25, -0.2) is 4.98 Å². The van der Waals surface area contributed by atoms with Crippen LogP contribution in [-0.2, 0) is 6.42 Å². The maximum absolute atomic E-state index is 9.77. The Bertz CT molecular complexity index is 398. The van der Waals surface area contributed by atoms with Gasteiger partial charge < -0.3 is 5.11 Å². The average molecular weight is 227 g/mol. The van der Waals surface area contributed by atoms with Crippen LogP contribution in [0.4, 0.5) is 0 Å². The number of aryl methyl sites for hydroxylation is 1. The first kappa shape index (κ1) is 9.70. The van der Waals surface area contributed by atoms with E-state index in [1.165, 1.54) is 11.5 Å². The van der Waals surface area contributed by atoms with Gasteiger partial charge >= 0.3 is 0 Å². The fraction of sp³-hybridized carbons (Fsp3) is 0.375. The van der Waals surface area contributed by atoms with Gasteiger partial charge in [0.2, 0.25) is 0 Å². The summed E-state index contributed by atoms with van der Waals surface area (Å²) in [5.41, 5.74) is 0.924. The molecule has 0 bridgehead atoms. The first-order valence-corrected chi connectivity index (χ1v) is 5.77. The lowest BCUT2D eigenvalue weighted by Gasteiger charge is -2.03. The molecule has 0 fully saturated rings. The fourth-order valence-corrected chi connectivity index (χ4v) is 2.24. The topological polar surface area (TPSA) is 58.9 Å². The van der Waals surface area contributed by atoms with Crippen molar-refractivity contribution < 1.29 is 5.11 Å². The molecule has 2 aromatic rings. The average Bonchev–Trinajstić information content (AvgIpc) is 2.75. The van der Waals surface area contributed by atoms with Crippen LogP contribution in [0, 0.1) is 6.92 Å². The van der Waals surface area contributed by atoms with Crippen molar-refractivity contribution in [2.75, 3.05) is 0 Å². The van der Waals surface area contributed by atoms with Crippen molar-refractivity contribution in [3.8, 4) is 0 Å². The van der Waals surface area contributed by atoms with Crippen molar-refractivity contribution in [3.05, 3.63) is 27.2 Å². The molecule has 1 N–H and O–H groups in total. The van der Waals surface area contributed by atoms with Crippen molar-refractivity contribution in [3.63, 3.8) is 0 Å². The molecule has 0 aliphatic heterocycles. The Morgan fingerprint density at radius 3 is 3.00 bits per heavy atom. The summed E-state index contributed by atoms with van der Waals surface area (Å²) in [6.45, 7) is 1.95. The lowest BCUT2D eigenvalue weighted by atomic mass is 10.2. The molecule has 0 aromatic carbocycles. The molecular weight excluding hydrogens is 218 g/mol. The number of rotatable bonds is 3. The number of aliphatic hydroxyl groups excluding tert-OH is 1. The van der Waals surface area contributed by atoms with Gasteiger partial charge in [0, 0.05) is 11.8 Å². The molecule has 0 aliphatic rings. The molecule has 2 rings (SSSR count). The van der Waals surface area contributed by atoms with Crippen molar-refractivity contribution in [1.29, 1.82) is 0 Å². The third kappa shape index (κ3) is 2.14. The third-order valence-electron chi connectivity index (χ3n) is 1.78. The number of aromatic nitrogens is 3. The summed E-state index contributed by atoms with van der Waals surface area (Å²) in [6, 6.07) is 0. The van der Waals surface area contributed by atoms with Crippen molar-refractivity contribution in [1.82, 2.24) is 14.6 Å². The maximum Gasteiger partial charge on any atom is 0.0969 e. The first-order valence-electron chi connectivity index (χ1n) is 4.12. The molecular formula is C8H9N3OS2. The van der Waals surface area contributed by atoms with Crippen LogP contribution in [0.15, 0.2) is 11.6 Å². The normalized spacial score (nSPS) is 13.0. The van der Waals surface area contributed by atoms with E-state index in [0.29, 0.717) is 6.42 Å². The second-order valence-corrected chi connectivity index (χ2v) is 4.78. The third-order valence-corrected chi connectivity index (χ3v) is 3.36. The fourth-order valence-electron chi connectivity index (χ4n) is 1.12. The van der Waals surface area contributed by atoms with E-state index in [0.717, 1.165) is 15.6 Å². The number of thiazole rings is 1. The number of aliphatic hydroxyl groups is 1. The van der Waals surface area contributed by atoms with Crippen LogP contribution in [0.1, 0.15) is 21.7 Å². The summed E-state index contributed by atoms with van der Waals surface area (Å²) in [5, 5.41) is 16.4. The Morgan fingerprint density at radius 1 is 1.57 bits per heavy atom. The lowest BCUT2D eigenvalue weighted by Crippen LogP contribution is -1.99. The predicted octanol–water partition coefficient (Wildman–Crippen LogP) is 1.58. The van der Waals surface area contributed by atoms with E-state index < -0.39 is 6.10 Å². The molecule has 0 aliphatic carbocycles. The van der Waals surface area contributed by atoms with E-state index in [2.05, 4.69) is 14.6 Å². The molecule has 0 spiro atoms. The van der Waals surface area contributed by atoms with E-state index in [1.807, 2.05) is 12.3 Å². The molecule has 0 saturated carbocycles. The summed E-state index contributed by atoms with van der Waals surface area (Å²) < 4.78 is 3.70. The number of hydrogen-bond acceptors (Lipinski definition) is 6. The second-order valence-electron chi connectivity index (χ2n) is 2.90. The van der Waals surface area contributed by atoms with Crippen LogP contribution in [0.3, 0.4) is 0 Å². The summed E-state index contributed by atoms with van der Waals surface area (Å²) >= 11 is 2.82.